The SMILES string of the molecule is NC(N)=NCCCC(NC(=O)C(N)CO)C(=O)NC(CS)C(=O)NC(CS)C(=O)O. The zero-order chi connectivity index (χ0) is 23.3. The zero-order valence-corrected chi connectivity index (χ0v) is 17.9. The summed E-state index contributed by atoms with van der Waals surface area (Å²) in [5, 5.41) is 25.0. The lowest BCUT2D eigenvalue weighted by Crippen LogP contribution is -2.58. The van der Waals surface area contributed by atoms with Gasteiger partial charge in [0.1, 0.15) is 24.2 Å². The Morgan fingerprint density at radius 3 is 1.87 bits per heavy atom. The first-order valence-electron chi connectivity index (χ1n) is 8.84. The first-order valence-corrected chi connectivity index (χ1v) is 10.1. The number of carbonyl (C=O) groups is 4. The van der Waals surface area contributed by atoms with Gasteiger partial charge in [-0.2, -0.15) is 25.3 Å². The summed E-state index contributed by atoms with van der Waals surface area (Å²) in [6.07, 6.45) is 0.408. The molecule has 0 aliphatic carbocycles. The Labute approximate surface area is 184 Å². The number of aliphatic hydroxyl groups is 1. The molecule has 0 fully saturated rings. The van der Waals surface area contributed by atoms with Crippen molar-refractivity contribution in [3.63, 3.8) is 0 Å². The predicted molar refractivity (Wildman–Crippen MR) is 116 cm³/mol. The van der Waals surface area contributed by atoms with Crippen molar-refractivity contribution in [2.24, 2.45) is 22.2 Å². The summed E-state index contributed by atoms with van der Waals surface area (Å²) >= 11 is 7.85. The summed E-state index contributed by atoms with van der Waals surface area (Å²) in [5.41, 5.74) is 15.9. The molecule has 0 radical (unpaired) electrons. The van der Waals surface area contributed by atoms with Crippen LogP contribution in [0.1, 0.15) is 12.8 Å². The lowest BCUT2D eigenvalue weighted by atomic mass is 10.1. The fraction of sp³-hybridized carbons (Fsp3) is 0.667. The van der Waals surface area contributed by atoms with Crippen LogP contribution in [0, 0.1) is 0 Å². The third-order valence-corrected chi connectivity index (χ3v) is 4.45. The van der Waals surface area contributed by atoms with Crippen molar-refractivity contribution in [2.75, 3.05) is 24.7 Å². The van der Waals surface area contributed by atoms with Gasteiger partial charge in [0.05, 0.1) is 6.61 Å². The molecule has 0 aliphatic heterocycles. The number of hydrogen-bond acceptors (Lipinski definition) is 9. The number of rotatable bonds is 14. The Morgan fingerprint density at radius 2 is 1.40 bits per heavy atom. The van der Waals surface area contributed by atoms with Gasteiger partial charge in [0.2, 0.25) is 17.7 Å². The van der Waals surface area contributed by atoms with Crippen LogP contribution in [0.15, 0.2) is 4.99 Å². The molecule has 0 spiro atoms. The maximum absolute atomic E-state index is 12.6. The van der Waals surface area contributed by atoms with Gasteiger partial charge in [-0.15, -0.1) is 0 Å². The number of aliphatic imine (C=N–C) groups is 1. The van der Waals surface area contributed by atoms with Crippen LogP contribution < -0.4 is 33.2 Å². The highest BCUT2D eigenvalue weighted by Crippen LogP contribution is 2.02. The number of carboxylic acids is 1. The molecule has 0 saturated heterocycles. The molecule has 3 amide bonds. The number of aliphatic hydroxyl groups excluding tert-OH is 1. The molecule has 0 aromatic carbocycles. The third kappa shape index (κ3) is 10.5. The molecular formula is C15H29N7O6S2. The van der Waals surface area contributed by atoms with E-state index in [0.29, 0.717) is 6.42 Å². The van der Waals surface area contributed by atoms with E-state index in [1.54, 1.807) is 0 Å². The maximum atomic E-state index is 12.6. The largest absolute Gasteiger partial charge is 0.480 e. The lowest BCUT2D eigenvalue weighted by Gasteiger charge is -2.24. The minimum Gasteiger partial charge on any atom is -0.480 e. The highest BCUT2D eigenvalue weighted by molar-refractivity contribution is 7.80. The molecule has 0 bridgehead atoms. The van der Waals surface area contributed by atoms with Crippen LogP contribution >= 0.6 is 25.3 Å². The Kier molecular flexibility index (Phi) is 13.6. The molecule has 4 atom stereocenters. The summed E-state index contributed by atoms with van der Waals surface area (Å²) in [4.78, 5) is 51.7. The van der Waals surface area contributed by atoms with Crippen molar-refractivity contribution in [2.45, 2.75) is 37.0 Å². The molecule has 0 rings (SSSR count). The van der Waals surface area contributed by atoms with Crippen molar-refractivity contribution in [1.82, 2.24) is 16.0 Å². The van der Waals surface area contributed by atoms with Gasteiger partial charge in [0, 0.05) is 18.1 Å². The molecule has 0 saturated carbocycles. The molecule has 13 nitrogen and oxygen atoms in total. The highest BCUT2D eigenvalue weighted by atomic mass is 32.1. The van der Waals surface area contributed by atoms with E-state index < -0.39 is 54.5 Å². The monoisotopic (exact) mass is 467 g/mol. The molecule has 4 unspecified atom stereocenters. The second-order valence-corrected chi connectivity index (χ2v) is 6.86. The van der Waals surface area contributed by atoms with Gasteiger partial charge < -0.3 is 43.4 Å². The van der Waals surface area contributed by atoms with Crippen LogP contribution in [-0.2, 0) is 19.2 Å². The van der Waals surface area contributed by atoms with E-state index in [4.69, 9.17) is 27.4 Å². The molecule has 0 aromatic rings. The highest BCUT2D eigenvalue weighted by Gasteiger charge is 2.29. The molecule has 15 heteroatoms. The smallest absolute Gasteiger partial charge is 0.327 e. The lowest BCUT2D eigenvalue weighted by molar-refractivity contribution is -0.141. The number of nitrogens with two attached hydrogens (primary N) is 3. The number of amides is 3. The quantitative estimate of drug-likeness (QED) is 0.0514. The van der Waals surface area contributed by atoms with Crippen LogP contribution in [0.25, 0.3) is 0 Å². The fourth-order valence-corrected chi connectivity index (χ4v) is 2.56. The van der Waals surface area contributed by atoms with Crippen molar-refractivity contribution < 1.29 is 29.4 Å². The van der Waals surface area contributed by atoms with Gasteiger partial charge in [-0.3, -0.25) is 19.4 Å². The minimum absolute atomic E-state index is 0.0990. The number of nitrogens with zero attached hydrogens (tertiary/aromatic N) is 1. The van der Waals surface area contributed by atoms with Crippen LogP contribution in [0.2, 0.25) is 0 Å². The summed E-state index contributed by atoms with van der Waals surface area (Å²) in [6.45, 7) is -0.442. The van der Waals surface area contributed by atoms with E-state index >= 15 is 0 Å². The third-order valence-electron chi connectivity index (χ3n) is 3.72. The van der Waals surface area contributed by atoms with E-state index in [0.717, 1.165) is 0 Å². The number of aliphatic carboxylic acids is 1. The number of thiol groups is 2. The Bertz CT molecular complexity index is 633. The molecule has 0 heterocycles. The van der Waals surface area contributed by atoms with E-state index in [1.165, 1.54) is 0 Å². The van der Waals surface area contributed by atoms with Crippen molar-refractivity contribution in [3.8, 4) is 0 Å². The summed E-state index contributed by atoms with van der Waals surface area (Å²) in [5.74, 6) is -4.00. The van der Waals surface area contributed by atoms with E-state index in [2.05, 4.69) is 46.2 Å². The summed E-state index contributed by atoms with van der Waals surface area (Å²) < 4.78 is 0. The standard InChI is InChI=1S/C15H29N7O6S2/c16-7(4-23)11(24)20-8(2-1-3-19-15(17)18)12(25)21-9(5-29)13(26)22-10(6-30)14(27)28/h7-10,23,29-30H,1-6,16H2,(H,20,24)(H,21,25)(H,22,26)(H,27,28)(H4,17,18,19). The van der Waals surface area contributed by atoms with Crippen molar-refractivity contribution >= 4 is 54.9 Å². The van der Waals surface area contributed by atoms with E-state index in [9.17, 15) is 19.2 Å². The van der Waals surface area contributed by atoms with Crippen molar-refractivity contribution in [3.05, 3.63) is 0 Å². The molecular weight excluding hydrogens is 438 g/mol. The van der Waals surface area contributed by atoms with Crippen LogP contribution in [-0.4, -0.2) is 88.7 Å². The topological polar surface area (TPSA) is 235 Å². The average Bonchev–Trinajstić information content (AvgIpc) is 2.70. The van der Waals surface area contributed by atoms with Gasteiger partial charge in [-0.1, -0.05) is 0 Å². The number of carbonyl (C=O) groups excluding carboxylic acids is 3. The van der Waals surface area contributed by atoms with Gasteiger partial charge in [-0.05, 0) is 12.8 Å². The fourth-order valence-electron chi connectivity index (χ4n) is 2.06. The van der Waals surface area contributed by atoms with Gasteiger partial charge in [0.15, 0.2) is 5.96 Å². The van der Waals surface area contributed by atoms with Crippen LogP contribution in [0.5, 0.6) is 0 Å². The molecule has 172 valence electrons. The number of carboxylic acid groups (broad SMARTS) is 1. The van der Waals surface area contributed by atoms with Gasteiger partial charge in [-0.25, -0.2) is 4.79 Å². The van der Waals surface area contributed by atoms with Crippen LogP contribution in [0.3, 0.4) is 0 Å². The Balaban J connectivity index is 5.18. The van der Waals surface area contributed by atoms with E-state index in [-0.39, 0.29) is 30.4 Å². The second kappa shape index (κ2) is 14.7. The number of hydrogen-bond donors (Lipinski definition) is 10. The second-order valence-electron chi connectivity index (χ2n) is 6.12. The molecule has 0 aromatic heterocycles. The van der Waals surface area contributed by atoms with Crippen molar-refractivity contribution in [1.29, 1.82) is 0 Å². The number of guanidine groups is 1. The maximum Gasteiger partial charge on any atom is 0.327 e. The molecule has 30 heavy (non-hydrogen) atoms. The Hall–Kier alpha value is -2.23. The first-order chi connectivity index (χ1) is 14.1. The average molecular weight is 468 g/mol. The first kappa shape index (κ1) is 27.8. The molecule has 0 aliphatic rings. The summed E-state index contributed by atoms with van der Waals surface area (Å²) in [6, 6.07) is -4.78. The number of nitrogens with one attached hydrogen (secondary N) is 3. The molecule has 11 N–H and O–H groups in total. The minimum atomic E-state index is -1.29. The predicted octanol–water partition coefficient (Wildman–Crippen LogP) is -4.24. The summed E-state index contributed by atoms with van der Waals surface area (Å²) in [7, 11) is 0. The zero-order valence-electron chi connectivity index (χ0n) is 16.2. The van der Waals surface area contributed by atoms with E-state index in [1.807, 2.05) is 0 Å². The van der Waals surface area contributed by atoms with Crippen LogP contribution in [0.4, 0.5) is 0 Å². The normalized spacial score (nSPS) is 14.5. The van der Waals surface area contributed by atoms with Gasteiger partial charge >= 0.3 is 5.97 Å². The van der Waals surface area contributed by atoms with Gasteiger partial charge in [0.25, 0.3) is 0 Å². The Morgan fingerprint density at radius 1 is 0.900 bits per heavy atom.